The lowest BCUT2D eigenvalue weighted by atomic mass is 10.2. The maximum atomic E-state index is 6.03. The first kappa shape index (κ1) is 23.9. The summed E-state index contributed by atoms with van der Waals surface area (Å²) in [5.41, 5.74) is 0.850. The summed E-state index contributed by atoms with van der Waals surface area (Å²) in [6.45, 7) is 6.20. The van der Waals surface area contributed by atoms with E-state index in [1.165, 1.54) is 19.4 Å². The lowest BCUT2D eigenvalue weighted by Gasteiger charge is -2.29. The first-order chi connectivity index (χ1) is 13.6. The van der Waals surface area contributed by atoms with Crippen molar-refractivity contribution in [2.24, 2.45) is 4.99 Å². The van der Waals surface area contributed by atoms with E-state index in [-0.39, 0.29) is 24.0 Å². The second-order valence-corrected chi connectivity index (χ2v) is 7.49. The van der Waals surface area contributed by atoms with Gasteiger partial charge in [0.05, 0.1) is 0 Å². The van der Waals surface area contributed by atoms with Crippen LogP contribution in [0.5, 0.6) is 0 Å². The van der Waals surface area contributed by atoms with E-state index >= 15 is 0 Å². The van der Waals surface area contributed by atoms with E-state index in [1.807, 2.05) is 31.3 Å². The molecule has 160 valence electrons. The minimum Gasteiger partial charge on any atom is -0.356 e. The summed E-state index contributed by atoms with van der Waals surface area (Å²) < 4.78 is 5.37. The molecule has 0 radical (unpaired) electrons. The Kier molecular flexibility index (Phi) is 9.64. The summed E-state index contributed by atoms with van der Waals surface area (Å²) >= 11 is 6.03. The largest absolute Gasteiger partial charge is 0.356 e. The predicted molar refractivity (Wildman–Crippen MR) is 128 cm³/mol. The van der Waals surface area contributed by atoms with E-state index in [2.05, 4.69) is 44.2 Å². The Morgan fingerprint density at radius 3 is 3.00 bits per heavy atom. The van der Waals surface area contributed by atoms with Gasteiger partial charge in [0.2, 0.25) is 11.7 Å². The number of benzene rings is 1. The molecular formula is C20H30ClIN6O. The quantitative estimate of drug-likeness (QED) is 0.334. The van der Waals surface area contributed by atoms with Gasteiger partial charge in [0.25, 0.3) is 0 Å². The lowest BCUT2D eigenvalue weighted by molar-refractivity contribution is 0.232. The van der Waals surface area contributed by atoms with Crippen LogP contribution >= 0.6 is 35.6 Å². The second kappa shape index (κ2) is 11.7. The van der Waals surface area contributed by atoms with Crippen LogP contribution in [-0.4, -0.2) is 72.2 Å². The summed E-state index contributed by atoms with van der Waals surface area (Å²) in [5.74, 6) is 2.03. The number of nitrogens with zero attached hydrogens (tertiary/aromatic N) is 5. The zero-order valence-corrected chi connectivity index (χ0v) is 20.4. The highest BCUT2D eigenvalue weighted by atomic mass is 127. The zero-order valence-electron chi connectivity index (χ0n) is 17.3. The van der Waals surface area contributed by atoms with Crippen LogP contribution in [0.15, 0.2) is 33.8 Å². The van der Waals surface area contributed by atoms with E-state index in [0.29, 0.717) is 35.7 Å². The van der Waals surface area contributed by atoms with Crippen molar-refractivity contribution in [3.63, 3.8) is 0 Å². The number of likely N-dealkylation sites (N-methyl/N-ethyl adjacent to an activating group) is 2. The number of hydrogen-bond donors (Lipinski definition) is 1. The van der Waals surface area contributed by atoms with Crippen LogP contribution in [0.1, 0.15) is 25.7 Å². The fourth-order valence-electron chi connectivity index (χ4n) is 3.69. The van der Waals surface area contributed by atoms with Gasteiger partial charge in [0.1, 0.15) is 0 Å². The number of aromatic nitrogens is 2. The fraction of sp³-hybridized carbons (Fsp3) is 0.550. The molecule has 1 unspecified atom stereocenters. The van der Waals surface area contributed by atoms with Gasteiger partial charge in [-0.15, -0.1) is 24.0 Å². The van der Waals surface area contributed by atoms with Gasteiger partial charge in [-0.2, -0.15) is 4.98 Å². The van der Waals surface area contributed by atoms with E-state index in [1.54, 1.807) is 0 Å². The average molecular weight is 533 g/mol. The number of rotatable bonds is 7. The molecule has 1 aromatic carbocycles. The molecule has 1 fully saturated rings. The highest BCUT2D eigenvalue weighted by Crippen LogP contribution is 2.20. The van der Waals surface area contributed by atoms with Crippen molar-refractivity contribution in [1.29, 1.82) is 0 Å². The lowest BCUT2D eigenvalue weighted by Crippen LogP contribution is -2.46. The van der Waals surface area contributed by atoms with Crippen molar-refractivity contribution in [1.82, 2.24) is 25.3 Å². The van der Waals surface area contributed by atoms with E-state index in [0.717, 1.165) is 24.6 Å². The molecule has 1 aliphatic rings. The molecule has 0 spiro atoms. The van der Waals surface area contributed by atoms with Crippen LogP contribution in [0.3, 0.4) is 0 Å². The molecule has 2 heterocycles. The number of likely N-dealkylation sites (tertiary alicyclic amines) is 1. The van der Waals surface area contributed by atoms with Crippen LogP contribution in [0.2, 0.25) is 5.02 Å². The van der Waals surface area contributed by atoms with Crippen molar-refractivity contribution in [2.75, 3.05) is 40.3 Å². The van der Waals surface area contributed by atoms with Gasteiger partial charge in [0, 0.05) is 50.2 Å². The summed E-state index contributed by atoms with van der Waals surface area (Å²) in [6, 6.07) is 8.04. The van der Waals surface area contributed by atoms with Crippen LogP contribution in [0.25, 0.3) is 11.4 Å². The Labute approximate surface area is 194 Å². The van der Waals surface area contributed by atoms with E-state index < -0.39 is 0 Å². The molecule has 1 N–H and O–H groups in total. The predicted octanol–water partition coefficient (Wildman–Crippen LogP) is 3.54. The Balaban J connectivity index is 0.00000300. The molecule has 2 aromatic rings. The molecule has 3 rings (SSSR count). The molecule has 0 saturated carbocycles. The Hall–Kier alpha value is -1.39. The van der Waals surface area contributed by atoms with Crippen LogP contribution in [0, 0.1) is 0 Å². The SMILES string of the molecule is CCN1CCCC1CN(C)C(=NC)NCCc1nc(-c2cccc(Cl)c2)no1.I. The Morgan fingerprint density at radius 1 is 1.45 bits per heavy atom. The van der Waals surface area contributed by atoms with Gasteiger partial charge >= 0.3 is 0 Å². The van der Waals surface area contributed by atoms with Gasteiger partial charge in [-0.1, -0.05) is 35.8 Å². The topological polar surface area (TPSA) is 69.8 Å². The molecule has 1 atom stereocenters. The third-order valence-corrected chi connectivity index (χ3v) is 5.37. The third kappa shape index (κ3) is 6.55. The normalized spacial score (nSPS) is 17.2. The van der Waals surface area contributed by atoms with Crippen molar-refractivity contribution in [3.05, 3.63) is 35.2 Å². The maximum absolute atomic E-state index is 6.03. The minimum absolute atomic E-state index is 0. The smallest absolute Gasteiger partial charge is 0.228 e. The number of nitrogens with one attached hydrogen (secondary N) is 1. The van der Waals surface area contributed by atoms with Crippen molar-refractivity contribution >= 4 is 41.5 Å². The van der Waals surface area contributed by atoms with Crippen molar-refractivity contribution in [2.45, 2.75) is 32.2 Å². The minimum atomic E-state index is 0. The second-order valence-electron chi connectivity index (χ2n) is 7.05. The summed E-state index contributed by atoms with van der Waals surface area (Å²) in [5, 5.41) is 8.09. The van der Waals surface area contributed by atoms with Gasteiger partial charge in [-0.25, -0.2) is 0 Å². The molecule has 29 heavy (non-hydrogen) atoms. The highest BCUT2D eigenvalue weighted by molar-refractivity contribution is 14.0. The van der Waals surface area contributed by atoms with E-state index in [4.69, 9.17) is 16.1 Å². The molecule has 9 heteroatoms. The third-order valence-electron chi connectivity index (χ3n) is 5.14. The van der Waals surface area contributed by atoms with Gasteiger partial charge in [-0.05, 0) is 38.1 Å². The fourth-order valence-corrected chi connectivity index (χ4v) is 3.88. The Morgan fingerprint density at radius 2 is 2.28 bits per heavy atom. The summed E-state index contributed by atoms with van der Waals surface area (Å²) in [7, 11) is 3.90. The molecule has 0 amide bonds. The van der Waals surface area contributed by atoms with Gasteiger partial charge < -0.3 is 14.7 Å². The molecule has 1 aliphatic heterocycles. The highest BCUT2D eigenvalue weighted by Gasteiger charge is 2.24. The summed E-state index contributed by atoms with van der Waals surface area (Å²) in [6.07, 6.45) is 3.17. The number of halogens is 2. The zero-order chi connectivity index (χ0) is 19.9. The van der Waals surface area contributed by atoms with Crippen molar-refractivity contribution < 1.29 is 4.52 Å². The van der Waals surface area contributed by atoms with Crippen LogP contribution < -0.4 is 5.32 Å². The summed E-state index contributed by atoms with van der Waals surface area (Å²) in [4.78, 5) is 13.6. The van der Waals surface area contributed by atoms with Gasteiger partial charge in [-0.3, -0.25) is 9.89 Å². The Bertz CT molecular complexity index is 799. The number of guanidine groups is 1. The average Bonchev–Trinajstić information content (AvgIpc) is 3.34. The maximum Gasteiger partial charge on any atom is 0.228 e. The monoisotopic (exact) mass is 532 g/mol. The van der Waals surface area contributed by atoms with Crippen molar-refractivity contribution in [3.8, 4) is 11.4 Å². The van der Waals surface area contributed by atoms with Crippen LogP contribution in [0.4, 0.5) is 0 Å². The van der Waals surface area contributed by atoms with Gasteiger partial charge in [0.15, 0.2) is 5.96 Å². The number of hydrogen-bond acceptors (Lipinski definition) is 5. The van der Waals surface area contributed by atoms with E-state index in [9.17, 15) is 0 Å². The molecule has 7 nitrogen and oxygen atoms in total. The first-order valence-corrected chi connectivity index (χ1v) is 10.2. The first-order valence-electron chi connectivity index (χ1n) is 9.85. The standard InChI is InChI=1S/C20H29ClN6O.HI/c1-4-27-12-6-9-17(27)14-26(3)20(22-2)23-11-10-18-24-19(25-28-18)15-7-5-8-16(21)13-15;/h5,7-8,13,17H,4,6,9-12,14H2,1-3H3,(H,22,23);1H. The molecular weight excluding hydrogens is 503 g/mol. The number of aliphatic imine (C=N–C) groups is 1. The molecule has 0 bridgehead atoms. The molecule has 0 aliphatic carbocycles. The molecule has 1 saturated heterocycles. The van der Waals surface area contributed by atoms with Crippen LogP contribution in [-0.2, 0) is 6.42 Å². The molecule has 1 aromatic heterocycles.